The summed E-state index contributed by atoms with van der Waals surface area (Å²) in [5, 5.41) is 3.58. The van der Waals surface area contributed by atoms with Crippen LogP contribution in [-0.4, -0.2) is 66.8 Å². The van der Waals surface area contributed by atoms with Crippen LogP contribution in [-0.2, 0) is 4.74 Å². The quantitative estimate of drug-likeness (QED) is 0.795. The monoisotopic (exact) mass is 283 g/mol. The average molecular weight is 283 g/mol. The van der Waals surface area contributed by atoms with Crippen molar-refractivity contribution in [2.45, 2.75) is 57.7 Å². The van der Waals surface area contributed by atoms with Crippen molar-refractivity contribution in [1.82, 2.24) is 15.1 Å². The van der Waals surface area contributed by atoms with Crippen molar-refractivity contribution in [3.8, 4) is 0 Å². The van der Waals surface area contributed by atoms with E-state index >= 15 is 0 Å². The Labute approximate surface area is 122 Å². The van der Waals surface area contributed by atoms with Gasteiger partial charge in [0.1, 0.15) is 5.60 Å². The largest absolute Gasteiger partial charge is 0.444 e. The molecule has 5 heteroatoms. The zero-order chi connectivity index (χ0) is 14.8. The first-order chi connectivity index (χ1) is 9.37. The van der Waals surface area contributed by atoms with Gasteiger partial charge >= 0.3 is 6.09 Å². The van der Waals surface area contributed by atoms with E-state index in [1.54, 1.807) is 0 Å². The Morgan fingerprint density at radius 1 is 1.25 bits per heavy atom. The second-order valence-electron chi connectivity index (χ2n) is 7.03. The molecule has 0 aliphatic carbocycles. The summed E-state index contributed by atoms with van der Waals surface area (Å²) >= 11 is 0. The molecule has 2 atom stereocenters. The van der Waals surface area contributed by atoms with Crippen molar-refractivity contribution in [1.29, 1.82) is 0 Å². The van der Waals surface area contributed by atoms with Crippen LogP contribution in [0.25, 0.3) is 0 Å². The van der Waals surface area contributed by atoms with Crippen LogP contribution in [0.15, 0.2) is 0 Å². The van der Waals surface area contributed by atoms with Crippen LogP contribution in [0.3, 0.4) is 0 Å². The summed E-state index contributed by atoms with van der Waals surface area (Å²) < 4.78 is 5.49. The van der Waals surface area contributed by atoms with E-state index < -0.39 is 5.60 Å². The minimum Gasteiger partial charge on any atom is -0.444 e. The molecule has 0 saturated carbocycles. The van der Waals surface area contributed by atoms with Crippen LogP contribution in [0.2, 0.25) is 0 Å². The zero-order valence-electron chi connectivity index (χ0n) is 13.3. The first kappa shape index (κ1) is 15.6. The highest BCUT2D eigenvalue weighted by Crippen LogP contribution is 2.20. The number of piperazine rings is 1. The summed E-state index contributed by atoms with van der Waals surface area (Å²) in [7, 11) is 2.19. The van der Waals surface area contributed by atoms with Crippen LogP contribution in [0, 0.1) is 0 Å². The molecule has 2 heterocycles. The lowest BCUT2D eigenvalue weighted by atomic mass is 9.95. The zero-order valence-corrected chi connectivity index (χ0v) is 13.3. The number of rotatable bonds is 1. The van der Waals surface area contributed by atoms with E-state index in [1.807, 2.05) is 25.7 Å². The molecule has 20 heavy (non-hydrogen) atoms. The van der Waals surface area contributed by atoms with Gasteiger partial charge in [-0.25, -0.2) is 4.79 Å². The van der Waals surface area contributed by atoms with Gasteiger partial charge < -0.3 is 19.9 Å². The van der Waals surface area contributed by atoms with E-state index in [9.17, 15) is 4.79 Å². The Bertz CT molecular complexity index is 341. The lowest BCUT2D eigenvalue weighted by Gasteiger charge is -2.43. The standard InChI is InChI=1S/C15H29N3O2/c1-15(2,3)20-14(19)18-10-8-16-12(11-18)13-7-5-6-9-17(13)4/h12-13,16H,5-11H2,1-4H3. The number of carbonyl (C=O) groups excluding carboxylic acids is 1. The van der Waals surface area contributed by atoms with E-state index in [1.165, 1.54) is 19.3 Å². The highest BCUT2D eigenvalue weighted by molar-refractivity contribution is 5.68. The highest BCUT2D eigenvalue weighted by Gasteiger charge is 2.33. The summed E-state index contributed by atoms with van der Waals surface area (Å²) in [5.74, 6) is 0. The number of nitrogens with one attached hydrogen (secondary N) is 1. The Hall–Kier alpha value is -0.810. The average Bonchev–Trinajstić information content (AvgIpc) is 2.37. The van der Waals surface area contributed by atoms with Crippen LogP contribution in [0.4, 0.5) is 4.79 Å². The second kappa shape index (κ2) is 6.31. The van der Waals surface area contributed by atoms with Gasteiger partial charge in [0.05, 0.1) is 0 Å². The number of likely N-dealkylation sites (tertiary alicyclic amines) is 1. The number of ether oxygens (including phenoxy) is 1. The van der Waals surface area contributed by atoms with Gasteiger partial charge in [-0.2, -0.15) is 0 Å². The van der Waals surface area contributed by atoms with Crippen molar-refractivity contribution in [2.24, 2.45) is 0 Å². The first-order valence-corrected chi connectivity index (χ1v) is 7.78. The van der Waals surface area contributed by atoms with Crippen LogP contribution in [0.1, 0.15) is 40.0 Å². The molecular weight excluding hydrogens is 254 g/mol. The smallest absolute Gasteiger partial charge is 0.410 e. The third-order valence-electron chi connectivity index (χ3n) is 4.15. The summed E-state index contributed by atoms with van der Waals surface area (Å²) in [6.45, 7) is 9.26. The predicted molar refractivity (Wildman–Crippen MR) is 79.9 cm³/mol. The van der Waals surface area contributed by atoms with Gasteiger partial charge in [0.25, 0.3) is 0 Å². The molecule has 2 saturated heterocycles. The molecule has 0 bridgehead atoms. The molecule has 0 aromatic carbocycles. The Balaban J connectivity index is 1.92. The second-order valence-corrected chi connectivity index (χ2v) is 7.03. The van der Waals surface area contributed by atoms with E-state index in [-0.39, 0.29) is 6.09 Å². The topological polar surface area (TPSA) is 44.8 Å². The van der Waals surface area contributed by atoms with Gasteiger partial charge in [0.15, 0.2) is 0 Å². The fourth-order valence-electron chi connectivity index (χ4n) is 3.14. The van der Waals surface area contributed by atoms with Crippen molar-refractivity contribution in [2.75, 3.05) is 33.2 Å². The molecule has 0 spiro atoms. The maximum atomic E-state index is 12.2. The van der Waals surface area contributed by atoms with Crippen LogP contribution >= 0.6 is 0 Å². The lowest BCUT2D eigenvalue weighted by molar-refractivity contribution is 0.0136. The van der Waals surface area contributed by atoms with Crippen LogP contribution < -0.4 is 5.32 Å². The summed E-state index contributed by atoms with van der Waals surface area (Å²) in [6, 6.07) is 0.899. The van der Waals surface area contributed by atoms with Crippen molar-refractivity contribution < 1.29 is 9.53 Å². The van der Waals surface area contributed by atoms with Gasteiger partial charge in [-0.05, 0) is 47.2 Å². The number of likely N-dealkylation sites (N-methyl/N-ethyl adjacent to an activating group) is 1. The van der Waals surface area contributed by atoms with E-state index in [4.69, 9.17) is 4.74 Å². The van der Waals surface area contributed by atoms with Crippen molar-refractivity contribution in [3.05, 3.63) is 0 Å². The highest BCUT2D eigenvalue weighted by atomic mass is 16.6. The number of hydrogen-bond acceptors (Lipinski definition) is 4. The molecular formula is C15H29N3O2. The van der Waals surface area contributed by atoms with Gasteiger partial charge in [-0.3, -0.25) is 0 Å². The molecule has 2 aliphatic rings. The first-order valence-electron chi connectivity index (χ1n) is 7.78. The molecule has 1 N–H and O–H groups in total. The van der Waals surface area contributed by atoms with E-state index in [2.05, 4.69) is 17.3 Å². The molecule has 0 radical (unpaired) electrons. The van der Waals surface area contributed by atoms with Crippen molar-refractivity contribution in [3.63, 3.8) is 0 Å². The normalized spacial score (nSPS) is 29.3. The molecule has 2 unspecified atom stereocenters. The molecule has 5 nitrogen and oxygen atoms in total. The maximum absolute atomic E-state index is 12.2. The number of nitrogens with zero attached hydrogens (tertiary/aromatic N) is 2. The van der Waals surface area contributed by atoms with Gasteiger partial charge in [-0.1, -0.05) is 6.42 Å². The van der Waals surface area contributed by atoms with Crippen LogP contribution in [0.5, 0.6) is 0 Å². The number of piperidine rings is 1. The fraction of sp³-hybridized carbons (Fsp3) is 0.933. The molecule has 0 aromatic heterocycles. The maximum Gasteiger partial charge on any atom is 0.410 e. The third-order valence-corrected chi connectivity index (χ3v) is 4.15. The summed E-state index contributed by atoms with van der Waals surface area (Å²) in [5.41, 5.74) is -0.418. The van der Waals surface area contributed by atoms with E-state index in [0.29, 0.717) is 12.1 Å². The van der Waals surface area contributed by atoms with Crippen molar-refractivity contribution >= 4 is 6.09 Å². The minimum absolute atomic E-state index is 0.178. The predicted octanol–water partition coefficient (Wildman–Crippen LogP) is 1.68. The van der Waals surface area contributed by atoms with Gasteiger partial charge in [0, 0.05) is 31.7 Å². The van der Waals surface area contributed by atoms with Gasteiger partial charge in [-0.15, -0.1) is 0 Å². The molecule has 2 aliphatic heterocycles. The van der Waals surface area contributed by atoms with E-state index in [0.717, 1.165) is 26.2 Å². The summed E-state index contributed by atoms with van der Waals surface area (Å²) in [4.78, 5) is 16.5. The Morgan fingerprint density at radius 3 is 2.65 bits per heavy atom. The number of hydrogen-bond donors (Lipinski definition) is 1. The SMILES string of the molecule is CN1CCCCC1C1CN(C(=O)OC(C)(C)C)CCN1. The summed E-state index contributed by atoms with van der Waals surface area (Å²) in [6.07, 6.45) is 3.62. The fourth-order valence-corrected chi connectivity index (χ4v) is 3.14. The molecule has 116 valence electrons. The lowest BCUT2D eigenvalue weighted by Crippen LogP contribution is -2.61. The third kappa shape index (κ3) is 4.09. The van der Waals surface area contributed by atoms with Gasteiger partial charge in [0.2, 0.25) is 0 Å². The number of carbonyl (C=O) groups is 1. The molecule has 1 amide bonds. The molecule has 2 fully saturated rings. The Kier molecular flexibility index (Phi) is 4.91. The number of amides is 1. The minimum atomic E-state index is -0.418. The Morgan fingerprint density at radius 2 is 2.00 bits per heavy atom. The molecule has 2 rings (SSSR count). The molecule has 0 aromatic rings.